The molecular weight excluding hydrogens is 288 g/mol. The van der Waals surface area contributed by atoms with Crippen LogP contribution in [-0.4, -0.2) is 0 Å². The molecule has 84 valence electrons. The Bertz CT molecular complexity index is 461. The lowest BCUT2D eigenvalue weighted by Crippen LogP contribution is -2.02. The molecule has 0 heterocycles. The van der Waals surface area contributed by atoms with Crippen LogP contribution >= 0.6 is 27.5 Å². The first-order valence-electron chi connectivity index (χ1n) is 4.94. The topological polar surface area (TPSA) is 49.8 Å². The molecule has 2 N–H and O–H groups in total. The van der Waals surface area contributed by atoms with E-state index in [1.54, 1.807) is 12.1 Å². The zero-order valence-corrected chi connectivity index (χ0v) is 11.3. The standard InChI is InChI=1S/C12H12BrClN2/c1-2-3-8(7-15)12(16)10-6-9(14)4-5-11(10)13/h4-6H,2-3,16H2,1H3/b12-8-. The van der Waals surface area contributed by atoms with Gasteiger partial charge < -0.3 is 5.73 Å². The zero-order chi connectivity index (χ0) is 12.1. The smallest absolute Gasteiger partial charge is 0.0968 e. The summed E-state index contributed by atoms with van der Waals surface area (Å²) in [7, 11) is 0. The fraction of sp³-hybridized carbons (Fsp3) is 0.250. The highest BCUT2D eigenvalue weighted by atomic mass is 79.9. The molecule has 0 aliphatic rings. The van der Waals surface area contributed by atoms with Crippen molar-refractivity contribution in [2.24, 2.45) is 5.73 Å². The van der Waals surface area contributed by atoms with Gasteiger partial charge >= 0.3 is 0 Å². The summed E-state index contributed by atoms with van der Waals surface area (Å²) in [6.07, 6.45) is 1.57. The number of benzene rings is 1. The van der Waals surface area contributed by atoms with Crippen LogP contribution in [-0.2, 0) is 0 Å². The summed E-state index contributed by atoms with van der Waals surface area (Å²) in [5, 5.41) is 9.62. The number of allylic oxidation sites excluding steroid dienone is 1. The van der Waals surface area contributed by atoms with Gasteiger partial charge in [0.2, 0.25) is 0 Å². The maximum Gasteiger partial charge on any atom is 0.0968 e. The molecule has 1 aromatic rings. The fourth-order valence-corrected chi connectivity index (χ4v) is 2.00. The maximum absolute atomic E-state index is 9.01. The summed E-state index contributed by atoms with van der Waals surface area (Å²) >= 11 is 9.30. The molecule has 0 amide bonds. The molecule has 2 nitrogen and oxygen atoms in total. The Kier molecular flexibility index (Phi) is 4.85. The third-order valence-corrected chi connectivity index (χ3v) is 3.11. The van der Waals surface area contributed by atoms with Crippen molar-refractivity contribution >= 4 is 33.2 Å². The molecule has 1 rings (SSSR count). The van der Waals surface area contributed by atoms with E-state index < -0.39 is 0 Å². The third-order valence-electron chi connectivity index (χ3n) is 2.18. The molecule has 0 aliphatic heterocycles. The molecule has 0 bridgehead atoms. The lowest BCUT2D eigenvalue weighted by Gasteiger charge is -2.08. The van der Waals surface area contributed by atoms with Gasteiger partial charge in [-0.3, -0.25) is 0 Å². The molecule has 0 saturated heterocycles. The Morgan fingerprint density at radius 1 is 1.56 bits per heavy atom. The zero-order valence-electron chi connectivity index (χ0n) is 8.93. The van der Waals surface area contributed by atoms with Crippen molar-refractivity contribution in [3.63, 3.8) is 0 Å². The van der Waals surface area contributed by atoms with Crippen molar-refractivity contribution in [2.75, 3.05) is 0 Å². The van der Waals surface area contributed by atoms with Crippen LogP contribution in [0.3, 0.4) is 0 Å². The Morgan fingerprint density at radius 3 is 2.81 bits per heavy atom. The molecule has 0 saturated carbocycles. The number of nitrogens with zero attached hydrogens (tertiary/aromatic N) is 1. The van der Waals surface area contributed by atoms with Gasteiger partial charge in [0.05, 0.1) is 17.3 Å². The molecule has 0 aromatic heterocycles. The third kappa shape index (κ3) is 3.01. The van der Waals surface area contributed by atoms with Crippen LogP contribution in [0.15, 0.2) is 28.2 Å². The van der Waals surface area contributed by atoms with E-state index in [9.17, 15) is 0 Å². The maximum atomic E-state index is 9.01. The van der Waals surface area contributed by atoms with Gasteiger partial charge in [0, 0.05) is 15.1 Å². The molecule has 0 aliphatic carbocycles. The highest BCUT2D eigenvalue weighted by molar-refractivity contribution is 9.10. The molecule has 0 fully saturated rings. The van der Waals surface area contributed by atoms with Crippen molar-refractivity contribution < 1.29 is 0 Å². The second-order valence-corrected chi connectivity index (χ2v) is 4.67. The van der Waals surface area contributed by atoms with E-state index in [-0.39, 0.29) is 0 Å². The van der Waals surface area contributed by atoms with E-state index in [0.29, 0.717) is 22.7 Å². The highest BCUT2D eigenvalue weighted by Gasteiger charge is 2.09. The van der Waals surface area contributed by atoms with Crippen molar-refractivity contribution in [3.8, 4) is 6.07 Å². The summed E-state index contributed by atoms with van der Waals surface area (Å²) in [5.74, 6) is 0. The molecule has 0 spiro atoms. The predicted molar refractivity (Wildman–Crippen MR) is 70.8 cm³/mol. The second-order valence-electron chi connectivity index (χ2n) is 3.38. The number of nitrogens with two attached hydrogens (primary N) is 1. The monoisotopic (exact) mass is 298 g/mol. The minimum atomic E-state index is 0.499. The van der Waals surface area contributed by atoms with E-state index >= 15 is 0 Å². The Hall–Kier alpha value is -0.980. The van der Waals surface area contributed by atoms with Crippen molar-refractivity contribution in [3.05, 3.63) is 38.8 Å². The largest absolute Gasteiger partial charge is 0.397 e. The minimum Gasteiger partial charge on any atom is -0.397 e. The lowest BCUT2D eigenvalue weighted by atomic mass is 10.0. The highest BCUT2D eigenvalue weighted by Crippen LogP contribution is 2.27. The lowest BCUT2D eigenvalue weighted by molar-refractivity contribution is 0.928. The SMILES string of the molecule is CCC/C(C#N)=C(/N)c1cc(Cl)ccc1Br. The Balaban J connectivity index is 3.27. The van der Waals surface area contributed by atoms with Gasteiger partial charge in [-0.15, -0.1) is 0 Å². The molecule has 0 atom stereocenters. The summed E-state index contributed by atoms with van der Waals surface area (Å²) in [5.41, 5.74) is 7.85. The van der Waals surface area contributed by atoms with Crippen LogP contribution < -0.4 is 5.73 Å². The van der Waals surface area contributed by atoms with Crippen molar-refractivity contribution in [1.29, 1.82) is 5.26 Å². The Labute approximate surface area is 109 Å². The molecular formula is C12H12BrClN2. The van der Waals surface area contributed by atoms with E-state index in [4.69, 9.17) is 22.6 Å². The predicted octanol–water partition coefficient (Wildman–Crippen LogP) is 4.10. The van der Waals surface area contributed by atoms with Crippen LogP contribution in [0.25, 0.3) is 5.70 Å². The average molecular weight is 300 g/mol. The molecule has 0 unspecified atom stereocenters. The summed E-state index contributed by atoms with van der Waals surface area (Å²) < 4.78 is 0.846. The first-order valence-corrected chi connectivity index (χ1v) is 6.11. The minimum absolute atomic E-state index is 0.499. The first kappa shape index (κ1) is 13.1. The first-order chi connectivity index (χ1) is 7.60. The molecule has 1 aromatic carbocycles. The van der Waals surface area contributed by atoms with E-state index in [2.05, 4.69) is 22.0 Å². The summed E-state index contributed by atoms with van der Waals surface area (Å²) in [4.78, 5) is 0. The normalized spacial score (nSPS) is 11.9. The number of hydrogen-bond acceptors (Lipinski definition) is 2. The van der Waals surface area contributed by atoms with Crippen LogP contribution in [0.2, 0.25) is 5.02 Å². The number of nitriles is 1. The number of halogens is 2. The number of rotatable bonds is 3. The molecule has 4 heteroatoms. The van der Waals surface area contributed by atoms with Crippen molar-refractivity contribution in [2.45, 2.75) is 19.8 Å². The summed E-state index contributed by atoms with van der Waals surface area (Å²) in [6, 6.07) is 7.49. The number of hydrogen-bond donors (Lipinski definition) is 1. The van der Waals surface area contributed by atoms with Crippen molar-refractivity contribution in [1.82, 2.24) is 0 Å². The van der Waals surface area contributed by atoms with Gasteiger partial charge in [-0.25, -0.2) is 0 Å². The second kappa shape index (κ2) is 5.93. The van der Waals surface area contributed by atoms with Gasteiger partial charge in [-0.2, -0.15) is 5.26 Å². The van der Waals surface area contributed by atoms with Gasteiger partial charge in [0.25, 0.3) is 0 Å². The van der Waals surface area contributed by atoms with Crippen LogP contribution in [0.1, 0.15) is 25.3 Å². The molecule has 0 radical (unpaired) electrons. The van der Waals surface area contributed by atoms with Gasteiger partial charge in [-0.05, 0) is 24.6 Å². The van der Waals surface area contributed by atoms with Gasteiger partial charge in [0.1, 0.15) is 0 Å². The van der Waals surface area contributed by atoms with Crippen LogP contribution in [0.4, 0.5) is 0 Å². The fourth-order valence-electron chi connectivity index (χ4n) is 1.37. The van der Waals surface area contributed by atoms with E-state index in [1.807, 2.05) is 13.0 Å². The Morgan fingerprint density at radius 2 is 2.25 bits per heavy atom. The van der Waals surface area contributed by atoms with E-state index in [0.717, 1.165) is 16.5 Å². The van der Waals surface area contributed by atoms with Crippen LogP contribution in [0.5, 0.6) is 0 Å². The molecule has 16 heavy (non-hydrogen) atoms. The van der Waals surface area contributed by atoms with E-state index in [1.165, 1.54) is 0 Å². The van der Waals surface area contributed by atoms with Gasteiger partial charge in [0.15, 0.2) is 0 Å². The van der Waals surface area contributed by atoms with Crippen LogP contribution in [0, 0.1) is 11.3 Å². The summed E-state index contributed by atoms with van der Waals surface area (Å²) in [6.45, 7) is 2.01. The average Bonchev–Trinajstić information content (AvgIpc) is 2.28. The van der Waals surface area contributed by atoms with Gasteiger partial charge in [-0.1, -0.05) is 40.9 Å². The quantitative estimate of drug-likeness (QED) is 0.854.